The molecule has 0 saturated heterocycles. The molecule has 0 aliphatic carbocycles. The summed E-state index contributed by atoms with van der Waals surface area (Å²) in [7, 11) is -4.49. The maximum absolute atomic E-state index is 14.1. The van der Waals surface area contributed by atoms with Gasteiger partial charge in [0.05, 0.1) is 16.1 Å². The van der Waals surface area contributed by atoms with Crippen molar-refractivity contribution >= 4 is 27.5 Å². The number of nitrogens with one attached hydrogen (secondary N) is 1. The van der Waals surface area contributed by atoms with Crippen LogP contribution in [-0.4, -0.2) is 43.3 Å². The molecular formula is C31H36F3N3O4S. The van der Waals surface area contributed by atoms with Crippen LogP contribution in [0.5, 0.6) is 0 Å². The van der Waals surface area contributed by atoms with E-state index in [2.05, 4.69) is 5.32 Å². The maximum atomic E-state index is 14.1. The lowest BCUT2D eigenvalue weighted by Gasteiger charge is -2.35. The van der Waals surface area contributed by atoms with Crippen molar-refractivity contribution in [3.63, 3.8) is 0 Å². The van der Waals surface area contributed by atoms with E-state index in [0.29, 0.717) is 15.9 Å². The minimum Gasteiger partial charge on any atom is -0.350 e. The first kappa shape index (κ1) is 32.7. The fourth-order valence-electron chi connectivity index (χ4n) is 4.47. The molecule has 0 bridgehead atoms. The van der Waals surface area contributed by atoms with Crippen molar-refractivity contribution in [1.82, 2.24) is 10.2 Å². The van der Waals surface area contributed by atoms with Gasteiger partial charge in [-0.25, -0.2) is 8.42 Å². The third kappa shape index (κ3) is 8.34. The Morgan fingerprint density at radius 2 is 1.55 bits per heavy atom. The fourth-order valence-corrected chi connectivity index (χ4v) is 5.89. The second-order valence-corrected chi connectivity index (χ2v) is 12.9. The van der Waals surface area contributed by atoms with E-state index in [0.717, 1.165) is 17.7 Å². The number of halogens is 3. The van der Waals surface area contributed by atoms with Gasteiger partial charge < -0.3 is 10.2 Å². The number of carbonyl (C=O) groups is 2. The number of amides is 2. The molecule has 226 valence electrons. The molecule has 0 spiro atoms. The van der Waals surface area contributed by atoms with Crippen LogP contribution >= 0.6 is 0 Å². The Bertz CT molecular complexity index is 1500. The van der Waals surface area contributed by atoms with E-state index < -0.39 is 51.7 Å². The molecule has 0 aliphatic heterocycles. The molecule has 0 aromatic heterocycles. The van der Waals surface area contributed by atoms with Crippen LogP contribution in [0.1, 0.15) is 50.8 Å². The Kier molecular flexibility index (Phi) is 10.1. The summed E-state index contributed by atoms with van der Waals surface area (Å²) in [4.78, 5) is 28.5. The Morgan fingerprint density at radius 1 is 0.905 bits per heavy atom. The van der Waals surface area contributed by atoms with Gasteiger partial charge in [0.25, 0.3) is 10.0 Å². The minimum absolute atomic E-state index is 0.0155. The Morgan fingerprint density at radius 3 is 2.12 bits per heavy atom. The number of hydrogen-bond donors (Lipinski definition) is 1. The largest absolute Gasteiger partial charge is 0.416 e. The topological polar surface area (TPSA) is 86.8 Å². The standard InChI is InChI=1S/C31H36F3N3O4S/c1-6-27(29(39)35-30(3,4)5)36(20-23-13-10-12-22(2)18-23)28(38)21-37(42(40,41)26-16-8-7-9-17-26)25-15-11-14-24(19-25)31(32,33)34/h7-19,27H,6,20-21H2,1-5H3,(H,35,39)/t27-/m1/s1. The van der Waals surface area contributed by atoms with Crippen LogP contribution in [0, 0.1) is 6.92 Å². The summed E-state index contributed by atoms with van der Waals surface area (Å²) in [6, 6.07) is 17.3. The highest BCUT2D eigenvalue weighted by Gasteiger charge is 2.36. The molecule has 3 aromatic carbocycles. The van der Waals surface area contributed by atoms with Gasteiger partial charge in [-0.3, -0.25) is 13.9 Å². The van der Waals surface area contributed by atoms with E-state index in [1.165, 1.54) is 35.2 Å². The maximum Gasteiger partial charge on any atom is 0.416 e. The van der Waals surface area contributed by atoms with Gasteiger partial charge in [0.2, 0.25) is 11.8 Å². The molecule has 1 N–H and O–H groups in total. The smallest absolute Gasteiger partial charge is 0.350 e. The van der Waals surface area contributed by atoms with Crippen molar-refractivity contribution in [1.29, 1.82) is 0 Å². The lowest BCUT2D eigenvalue weighted by Crippen LogP contribution is -2.55. The van der Waals surface area contributed by atoms with Crippen LogP contribution in [-0.2, 0) is 32.3 Å². The van der Waals surface area contributed by atoms with Gasteiger partial charge >= 0.3 is 6.18 Å². The second-order valence-electron chi connectivity index (χ2n) is 11.0. The SMILES string of the molecule is CC[C@H](C(=O)NC(C)(C)C)N(Cc1cccc(C)c1)C(=O)CN(c1cccc(C(F)(F)F)c1)S(=O)(=O)c1ccccc1. The number of hydrogen-bond acceptors (Lipinski definition) is 4. The highest BCUT2D eigenvalue weighted by molar-refractivity contribution is 7.92. The third-order valence-corrected chi connectivity index (χ3v) is 8.18. The van der Waals surface area contributed by atoms with E-state index >= 15 is 0 Å². The highest BCUT2D eigenvalue weighted by atomic mass is 32.2. The summed E-state index contributed by atoms with van der Waals surface area (Å²) >= 11 is 0. The quantitative estimate of drug-likeness (QED) is 0.311. The van der Waals surface area contributed by atoms with E-state index in [-0.39, 0.29) is 23.5 Å². The van der Waals surface area contributed by atoms with Crippen molar-refractivity contribution in [3.8, 4) is 0 Å². The number of anilines is 1. The predicted octanol–water partition coefficient (Wildman–Crippen LogP) is 5.93. The molecule has 0 unspecified atom stereocenters. The number of alkyl halides is 3. The summed E-state index contributed by atoms with van der Waals surface area (Å²) in [5.41, 5.74) is -0.368. The molecule has 3 aromatic rings. The molecule has 0 heterocycles. The number of rotatable bonds is 10. The van der Waals surface area contributed by atoms with Crippen LogP contribution in [0.15, 0.2) is 83.8 Å². The number of nitrogens with zero attached hydrogens (tertiary/aromatic N) is 2. The van der Waals surface area contributed by atoms with Crippen molar-refractivity contribution in [2.45, 2.75) is 70.2 Å². The van der Waals surface area contributed by atoms with Crippen LogP contribution in [0.3, 0.4) is 0 Å². The van der Waals surface area contributed by atoms with Gasteiger partial charge in [-0.1, -0.05) is 61.0 Å². The molecule has 0 fully saturated rings. The van der Waals surface area contributed by atoms with Crippen LogP contribution in [0.2, 0.25) is 0 Å². The normalized spacial score (nSPS) is 12.9. The first-order chi connectivity index (χ1) is 19.5. The average Bonchev–Trinajstić information content (AvgIpc) is 2.90. The third-order valence-electron chi connectivity index (χ3n) is 6.39. The fraction of sp³-hybridized carbons (Fsp3) is 0.355. The molecule has 42 heavy (non-hydrogen) atoms. The van der Waals surface area contributed by atoms with E-state index in [9.17, 15) is 31.2 Å². The summed E-state index contributed by atoms with van der Waals surface area (Å²) in [6.45, 7) is 8.16. The second kappa shape index (κ2) is 13.0. The van der Waals surface area contributed by atoms with Crippen LogP contribution < -0.4 is 9.62 Å². The Labute approximate surface area is 245 Å². The highest BCUT2D eigenvalue weighted by Crippen LogP contribution is 2.33. The Balaban J connectivity index is 2.12. The molecular weight excluding hydrogens is 567 g/mol. The van der Waals surface area contributed by atoms with Gasteiger partial charge in [0.1, 0.15) is 12.6 Å². The summed E-state index contributed by atoms with van der Waals surface area (Å²) in [6.07, 6.45) is -4.52. The minimum atomic E-state index is -4.74. The average molecular weight is 604 g/mol. The first-order valence-corrected chi connectivity index (χ1v) is 14.9. The number of benzene rings is 3. The van der Waals surface area contributed by atoms with Crippen LogP contribution in [0.25, 0.3) is 0 Å². The predicted molar refractivity (Wildman–Crippen MR) is 156 cm³/mol. The number of carbonyl (C=O) groups excluding carboxylic acids is 2. The van der Waals surface area contributed by atoms with Gasteiger partial charge in [-0.05, 0) is 70.0 Å². The lowest BCUT2D eigenvalue weighted by molar-refractivity contribution is -0.141. The summed E-state index contributed by atoms with van der Waals surface area (Å²) in [5.74, 6) is -1.17. The van der Waals surface area contributed by atoms with Gasteiger partial charge in [0, 0.05) is 12.1 Å². The lowest BCUT2D eigenvalue weighted by atomic mass is 10.0. The zero-order valence-corrected chi connectivity index (χ0v) is 25.1. The molecule has 1 atom stereocenters. The molecule has 0 saturated carbocycles. The molecule has 11 heteroatoms. The van der Waals surface area contributed by atoms with Gasteiger partial charge in [-0.2, -0.15) is 13.2 Å². The van der Waals surface area contributed by atoms with E-state index in [1.54, 1.807) is 45.9 Å². The monoisotopic (exact) mass is 603 g/mol. The van der Waals surface area contributed by atoms with Crippen molar-refractivity contribution in [2.24, 2.45) is 0 Å². The Hall–Kier alpha value is -3.86. The zero-order chi connectivity index (χ0) is 31.3. The number of aryl methyl sites for hydroxylation is 1. The van der Waals surface area contributed by atoms with E-state index in [1.807, 2.05) is 19.1 Å². The number of sulfonamides is 1. The zero-order valence-electron chi connectivity index (χ0n) is 24.3. The summed E-state index contributed by atoms with van der Waals surface area (Å²) in [5, 5.41) is 2.88. The molecule has 3 rings (SSSR count). The van der Waals surface area contributed by atoms with Crippen molar-refractivity contribution in [3.05, 3.63) is 95.6 Å². The van der Waals surface area contributed by atoms with Crippen molar-refractivity contribution < 1.29 is 31.2 Å². The van der Waals surface area contributed by atoms with Crippen LogP contribution in [0.4, 0.5) is 18.9 Å². The van der Waals surface area contributed by atoms with Gasteiger partial charge in [0.15, 0.2) is 0 Å². The first-order valence-electron chi connectivity index (χ1n) is 13.4. The van der Waals surface area contributed by atoms with Crippen molar-refractivity contribution in [2.75, 3.05) is 10.8 Å². The summed E-state index contributed by atoms with van der Waals surface area (Å²) < 4.78 is 69.1. The molecule has 0 aliphatic rings. The molecule has 2 amide bonds. The van der Waals surface area contributed by atoms with E-state index in [4.69, 9.17) is 0 Å². The molecule has 0 radical (unpaired) electrons. The van der Waals surface area contributed by atoms with Gasteiger partial charge in [-0.15, -0.1) is 0 Å². The molecule has 7 nitrogen and oxygen atoms in total.